The Hall–Kier alpha value is -5.52. The number of sulfonamides is 1. The van der Waals surface area contributed by atoms with Gasteiger partial charge in [0.25, 0.3) is 21.6 Å². The van der Waals surface area contributed by atoms with Crippen LogP contribution in [0.1, 0.15) is 81.6 Å². The average Bonchev–Trinajstić information content (AvgIpc) is 3.80. The third-order valence-corrected chi connectivity index (χ3v) is 15.9. The summed E-state index contributed by atoms with van der Waals surface area (Å²) in [5, 5.41) is 20.6. The van der Waals surface area contributed by atoms with Gasteiger partial charge in [0.15, 0.2) is 0 Å². The number of hydrogen-bond donors (Lipinski definition) is 4. The lowest BCUT2D eigenvalue weighted by atomic mass is 9.72. The molecule has 1 atom stereocenters. The lowest BCUT2D eigenvalue weighted by Crippen LogP contribution is -2.53. The molecule has 3 aromatic carbocycles. The van der Waals surface area contributed by atoms with Crippen LogP contribution in [-0.4, -0.2) is 110 Å². The van der Waals surface area contributed by atoms with Crippen molar-refractivity contribution >= 4 is 61.2 Å². The van der Waals surface area contributed by atoms with Crippen LogP contribution in [0.5, 0.6) is 11.5 Å². The number of ether oxygens (including phenoxy) is 1. The van der Waals surface area contributed by atoms with Crippen molar-refractivity contribution in [2.24, 2.45) is 11.3 Å². The number of allylic oxidation sites excluding steroid dienone is 1. The molecule has 15 nitrogen and oxygen atoms in total. The highest BCUT2D eigenvalue weighted by Crippen LogP contribution is 2.44. The number of rotatable bonds is 14. The summed E-state index contributed by atoms with van der Waals surface area (Å²) in [6.07, 6.45) is 10.7. The Morgan fingerprint density at radius 2 is 1.76 bits per heavy atom. The van der Waals surface area contributed by atoms with E-state index in [1.807, 2.05) is 18.2 Å². The molecular weight excluding hydrogens is 902 g/mol. The number of H-pyrrole nitrogens is 1. The molecule has 0 unspecified atom stereocenters. The molecule has 4 N–H and O–H groups in total. The van der Waals surface area contributed by atoms with Crippen molar-refractivity contribution in [2.45, 2.75) is 82.7 Å². The van der Waals surface area contributed by atoms with E-state index in [4.69, 9.17) is 16.3 Å². The highest BCUT2D eigenvalue weighted by Gasteiger charge is 2.32. The fraction of sp³-hybridized carbons (Fsp3) is 0.451. The third kappa shape index (κ3) is 11.2. The summed E-state index contributed by atoms with van der Waals surface area (Å²) in [5.74, 6) is -0.103. The number of carbonyl (C=O) groups excluding carboxylic acids is 1. The second-order valence-corrected chi connectivity index (χ2v) is 22.0. The van der Waals surface area contributed by atoms with Crippen LogP contribution in [0.4, 0.5) is 17.1 Å². The Morgan fingerprint density at radius 3 is 2.51 bits per heavy atom. The summed E-state index contributed by atoms with van der Waals surface area (Å²) in [6, 6.07) is 21.7. The van der Waals surface area contributed by atoms with Gasteiger partial charge >= 0.3 is 0 Å². The van der Waals surface area contributed by atoms with E-state index < -0.39 is 25.7 Å². The first-order chi connectivity index (χ1) is 32.7. The summed E-state index contributed by atoms with van der Waals surface area (Å²) in [4.78, 5) is 40.2. The van der Waals surface area contributed by atoms with Crippen LogP contribution in [0.2, 0.25) is 5.02 Å². The number of aromatic amines is 1. The third-order valence-electron chi connectivity index (χ3n) is 14.4. The second kappa shape index (κ2) is 20.2. The topological polar surface area (TPSA) is 178 Å². The van der Waals surface area contributed by atoms with Crippen LogP contribution >= 0.6 is 11.6 Å². The molecule has 9 rings (SSSR count). The van der Waals surface area contributed by atoms with Crippen molar-refractivity contribution in [3.8, 4) is 11.5 Å². The molecule has 0 bridgehead atoms. The molecule has 17 heteroatoms. The van der Waals surface area contributed by atoms with Gasteiger partial charge in [-0.2, -0.15) is 0 Å². The van der Waals surface area contributed by atoms with Crippen molar-refractivity contribution in [2.75, 3.05) is 69.1 Å². The molecular formula is C51H62ClN9O6S. The Morgan fingerprint density at radius 1 is 0.985 bits per heavy atom. The zero-order valence-electron chi connectivity index (χ0n) is 39.1. The van der Waals surface area contributed by atoms with Crippen molar-refractivity contribution in [1.82, 2.24) is 29.8 Å². The minimum absolute atomic E-state index is 0.0269. The monoisotopic (exact) mass is 963 g/mol. The molecule has 0 spiro atoms. The van der Waals surface area contributed by atoms with E-state index in [-0.39, 0.29) is 28.1 Å². The highest BCUT2D eigenvalue weighted by molar-refractivity contribution is 7.90. The van der Waals surface area contributed by atoms with E-state index in [1.54, 1.807) is 30.5 Å². The Bertz CT molecular complexity index is 2780. The van der Waals surface area contributed by atoms with Gasteiger partial charge in [0.2, 0.25) is 0 Å². The fourth-order valence-electron chi connectivity index (χ4n) is 10.5. The maximum absolute atomic E-state index is 14.1. The van der Waals surface area contributed by atoms with Gasteiger partial charge in [-0.05, 0) is 123 Å². The maximum atomic E-state index is 14.1. The summed E-state index contributed by atoms with van der Waals surface area (Å²) >= 11 is 6.26. The van der Waals surface area contributed by atoms with Crippen LogP contribution in [0, 0.1) is 21.4 Å². The molecule has 2 aromatic heterocycles. The van der Waals surface area contributed by atoms with E-state index in [0.29, 0.717) is 35.9 Å². The number of halogens is 1. The summed E-state index contributed by atoms with van der Waals surface area (Å²) in [5.41, 5.74) is 5.65. The fourth-order valence-corrected chi connectivity index (χ4v) is 11.6. The zero-order chi connectivity index (χ0) is 47.6. The van der Waals surface area contributed by atoms with E-state index in [0.717, 1.165) is 119 Å². The number of nitro groups is 1. The molecule has 1 amide bonds. The van der Waals surface area contributed by atoms with Gasteiger partial charge in [-0.15, -0.1) is 0 Å². The molecule has 68 heavy (non-hydrogen) atoms. The number of nitro benzene ring substituents is 1. The van der Waals surface area contributed by atoms with Crippen molar-refractivity contribution < 1.29 is 22.9 Å². The number of nitrogens with zero attached hydrogens (tertiary/aromatic N) is 5. The van der Waals surface area contributed by atoms with Crippen molar-refractivity contribution in [1.29, 1.82) is 0 Å². The maximum Gasteiger partial charge on any atom is 0.293 e. The number of fused-ring (bicyclic) bond motifs is 1. The number of hydrogen-bond acceptors (Lipinski definition) is 12. The van der Waals surface area contributed by atoms with Crippen LogP contribution in [0.25, 0.3) is 16.6 Å². The van der Waals surface area contributed by atoms with Gasteiger partial charge in [0.05, 0.1) is 21.6 Å². The smallest absolute Gasteiger partial charge is 0.293 e. The summed E-state index contributed by atoms with van der Waals surface area (Å²) in [6.45, 7) is 14.5. The molecule has 4 heterocycles. The van der Waals surface area contributed by atoms with E-state index in [2.05, 4.69) is 72.9 Å². The van der Waals surface area contributed by atoms with E-state index >= 15 is 0 Å². The van der Waals surface area contributed by atoms with Gasteiger partial charge < -0.3 is 25.3 Å². The number of anilines is 2. The van der Waals surface area contributed by atoms with Gasteiger partial charge in [0, 0.05) is 105 Å². The number of pyridine rings is 1. The first-order valence-corrected chi connectivity index (χ1v) is 25.8. The standard InChI is InChI=1S/C51H62ClN9O6S/c1-34-32-60(21-20-53-34)40-10-4-35(5-11-40)30-55-46-15-13-43(28-47(46)61(63)64)68(65,66)57-50(62)44-14-12-41(27-48(44)67-42-26-37-17-19-54-49(37)56-31-42)59-24-22-58(23-25-59)33-38-16-18-51(2,3)29-45(38)36-6-8-39(52)9-7-36/h6-9,12-15,17,19,26-28,31,34-35,40,53,55H,4-5,10-11,16,18,20-25,29-30,32-33H2,1-3H3,(H,54,56)(H,57,62)/t34-,35?,40?/m1/s1. The molecule has 2 aliphatic carbocycles. The van der Waals surface area contributed by atoms with E-state index in [1.165, 1.54) is 35.0 Å². The summed E-state index contributed by atoms with van der Waals surface area (Å²) < 4.78 is 36.2. The number of aromatic nitrogens is 2. The summed E-state index contributed by atoms with van der Waals surface area (Å²) in [7, 11) is -4.57. The van der Waals surface area contributed by atoms with Crippen LogP contribution in [0.3, 0.4) is 0 Å². The quantitative estimate of drug-likeness (QED) is 0.0614. The Labute approximate surface area is 403 Å². The SMILES string of the molecule is C[C@@H]1CN(C2CCC(CNc3ccc(S(=O)(=O)NC(=O)c4ccc(N5CCN(CC6=C(c7ccc(Cl)cc7)CC(C)(C)CC6)CC5)cc4Oc4cnc5[nH]ccc5c4)cc3[N+](=O)[O-])CC2)CCN1. The van der Waals surface area contributed by atoms with Crippen LogP contribution in [0.15, 0.2) is 95.7 Å². The molecule has 360 valence electrons. The van der Waals surface area contributed by atoms with Crippen LogP contribution in [-0.2, 0) is 10.0 Å². The lowest BCUT2D eigenvalue weighted by Gasteiger charge is -2.41. The number of benzene rings is 3. The number of nitrogens with one attached hydrogen (secondary N) is 4. The number of carbonyl (C=O) groups is 1. The molecule has 1 saturated carbocycles. The molecule has 2 saturated heterocycles. The zero-order valence-corrected chi connectivity index (χ0v) is 40.7. The lowest BCUT2D eigenvalue weighted by molar-refractivity contribution is -0.384. The normalized spacial score (nSPS) is 21.7. The molecule has 2 aliphatic heterocycles. The second-order valence-electron chi connectivity index (χ2n) is 19.8. The van der Waals surface area contributed by atoms with Gasteiger partial charge in [0.1, 0.15) is 22.8 Å². The van der Waals surface area contributed by atoms with Gasteiger partial charge in [-0.1, -0.05) is 43.2 Å². The molecule has 0 radical (unpaired) electrons. The molecule has 4 aliphatic rings. The van der Waals surface area contributed by atoms with E-state index in [9.17, 15) is 23.3 Å². The highest BCUT2D eigenvalue weighted by atomic mass is 35.5. The Balaban J connectivity index is 0.885. The first kappa shape index (κ1) is 47.5. The number of piperazine rings is 2. The average molecular weight is 965 g/mol. The largest absolute Gasteiger partial charge is 0.455 e. The predicted molar refractivity (Wildman–Crippen MR) is 268 cm³/mol. The van der Waals surface area contributed by atoms with Gasteiger partial charge in [-0.25, -0.2) is 18.1 Å². The first-order valence-electron chi connectivity index (χ1n) is 23.9. The Kier molecular flexibility index (Phi) is 14.1. The minimum Gasteiger partial charge on any atom is -0.455 e. The van der Waals surface area contributed by atoms with Crippen molar-refractivity contribution in [3.05, 3.63) is 117 Å². The van der Waals surface area contributed by atoms with Crippen molar-refractivity contribution in [3.63, 3.8) is 0 Å². The van der Waals surface area contributed by atoms with Gasteiger partial charge in [-0.3, -0.25) is 24.7 Å². The predicted octanol–water partition coefficient (Wildman–Crippen LogP) is 9.09. The molecule has 3 fully saturated rings. The van der Waals surface area contributed by atoms with Crippen LogP contribution < -0.4 is 25.0 Å². The number of amides is 1. The minimum atomic E-state index is -4.57. The molecule has 5 aromatic rings.